The van der Waals surface area contributed by atoms with Crippen LogP contribution in [0.4, 0.5) is 0 Å². The lowest BCUT2D eigenvalue weighted by Crippen LogP contribution is -2.47. The summed E-state index contributed by atoms with van der Waals surface area (Å²) in [4.78, 5) is 14.7. The van der Waals surface area contributed by atoms with Gasteiger partial charge in [0.1, 0.15) is 29.0 Å². The minimum Gasteiger partial charge on any atom is -0.491 e. The van der Waals surface area contributed by atoms with Crippen molar-refractivity contribution in [2.24, 2.45) is 5.73 Å². The van der Waals surface area contributed by atoms with Gasteiger partial charge in [0.05, 0.1) is 6.61 Å². The van der Waals surface area contributed by atoms with Crippen molar-refractivity contribution < 1.29 is 22.7 Å². The van der Waals surface area contributed by atoms with Crippen LogP contribution in [0, 0.1) is 6.92 Å². The van der Waals surface area contributed by atoms with Crippen molar-refractivity contribution in [3.8, 4) is 16.9 Å². The number of benzene rings is 3. The first kappa shape index (κ1) is 25.3. The van der Waals surface area contributed by atoms with E-state index in [2.05, 4.69) is 24.0 Å². The van der Waals surface area contributed by atoms with Gasteiger partial charge in [0.25, 0.3) is 5.91 Å². The number of sulfonamides is 1. The second kappa shape index (κ2) is 10.2. The average Bonchev–Trinajstić information content (AvgIpc) is 3.28. The number of carbonyl (C=O) groups excluding carboxylic acids is 1. The van der Waals surface area contributed by atoms with Gasteiger partial charge in [0.15, 0.2) is 0 Å². The molecule has 3 aromatic carbocycles. The number of carbonyl (C=O) groups is 1. The molecule has 2 heterocycles. The van der Waals surface area contributed by atoms with E-state index in [1.54, 1.807) is 12.1 Å². The van der Waals surface area contributed by atoms with Crippen molar-refractivity contribution in [2.75, 3.05) is 26.3 Å². The monoisotopic (exact) mass is 539 g/mol. The number of aromatic nitrogens is 1. The van der Waals surface area contributed by atoms with E-state index in [4.69, 9.17) is 26.8 Å². The van der Waals surface area contributed by atoms with E-state index in [1.807, 2.05) is 36.4 Å². The SMILES string of the molecule is Cc1ccccc1-c1ccc(OCC2CN(S(=O)(=O)c3c(C(N)=O)[nH]c4ccc(Cl)cc34)CCO2)cc1. The summed E-state index contributed by atoms with van der Waals surface area (Å²) in [6, 6.07) is 20.6. The molecule has 5 rings (SSSR count). The van der Waals surface area contributed by atoms with Gasteiger partial charge < -0.3 is 20.2 Å². The predicted octanol–water partition coefficient (Wildman–Crippen LogP) is 4.36. The van der Waals surface area contributed by atoms with Gasteiger partial charge >= 0.3 is 0 Å². The van der Waals surface area contributed by atoms with Crippen molar-refractivity contribution in [3.63, 3.8) is 0 Å². The van der Waals surface area contributed by atoms with E-state index >= 15 is 0 Å². The highest BCUT2D eigenvalue weighted by Crippen LogP contribution is 2.32. The molecule has 0 bridgehead atoms. The highest BCUT2D eigenvalue weighted by Gasteiger charge is 2.36. The number of hydrogen-bond acceptors (Lipinski definition) is 5. The number of morpholine rings is 1. The number of nitrogens with two attached hydrogens (primary N) is 1. The molecule has 1 amide bonds. The largest absolute Gasteiger partial charge is 0.491 e. The Bertz CT molecular complexity index is 1570. The summed E-state index contributed by atoms with van der Waals surface area (Å²) in [5.74, 6) is -0.212. The Morgan fingerprint density at radius 3 is 2.65 bits per heavy atom. The number of aromatic amines is 1. The molecule has 1 aliphatic rings. The first-order valence-electron chi connectivity index (χ1n) is 11.8. The third kappa shape index (κ3) is 5.08. The lowest BCUT2D eigenvalue weighted by atomic mass is 10.0. The van der Waals surface area contributed by atoms with Crippen LogP contribution in [0.2, 0.25) is 5.02 Å². The normalized spacial score (nSPS) is 16.6. The Balaban J connectivity index is 1.32. The number of nitrogens with one attached hydrogen (secondary N) is 1. The summed E-state index contributed by atoms with van der Waals surface area (Å²) in [7, 11) is -4.09. The smallest absolute Gasteiger partial charge is 0.266 e. The number of hydrogen-bond donors (Lipinski definition) is 2. The fourth-order valence-corrected chi connectivity index (χ4v) is 6.50. The van der Waals surface area contributed by atoms with E-state index in [-0.39, 0.29) is 36.9 Å². The number of nitrogens with zero attached hydrogens (tertiary/aromatic N) is 1. The molecule has 1 aliphatic heterocycles. The topological polar surface area (TPSA) is 115 Å². The molecule has 0 aliphatic carbocycles. The van der Waals surface area contributed by atoms with Crippen LogP contribution in [-0.4, -0.2) is 56.0 Å². The van der Waals surface area contributed by atoms with Crippen LogP contribution in [0.25, 0.3) is 22.0 Å². The third-order valence-electron chi connectivity index (χ3n) is 6.41. The second-order valence-electron chi connectivity index (χ2n) is 8.89. The average molecular weight is 540 g/mol. The zero-order valence-electron chi connectivity index (χ0n) is 20.1. The van der Waals surface area contributed by atoms with Crippen molar-refractivity contribution in [3.05, 3.63) is 83.0 Å². The van der Waals surface area contributed by atoms with Crippen molar-refractivity contribution in [1.29, 1.82) is 0 Å². The molecule has 1 fully saturated rings. The lowest BCUT2D eigenvalue weighted by molar-refractivity contribution is -0.0249. The molecule has 192 valence electrons. The molecule has 1 aromatic heterocycles. The van der Waals surface area contributed by atoms with Crippen LogP contribution >= 0.6 is 11.6 Å². The number of halogens is 1. The molecule has 37 heavy (non-hydrogen) atoms. The minimum atomic E-state index is -4.09. The molecule has 1 saturated heterocycles. The fourth-order valence-electron chi connectivity index (χ4n) is 4.54. The lowest BCUT2D eigenvalue weighted by Gasteiger charge is -2.32. The number of ether oxygens (including phenoxy) is 2. The molecule has 0 spiro atoms. The fraction of sp³-hybridized carbons (Fsp3) is 0.222. The highest BCUT2D eigenvalue weighted by atomic mass is 35.5. The van der Waals surface area contributed by atoms with E-state index in [0.29, 0.717) is 21.7 Å². The Labute approximate surface area is 220 Å². The summed E-state index contributed by atoms with van der Waals surface area (Å²) in [6.45, 7) is 2.62. The van der Waals surface area contributed by atoms with Crippen molar-refractivity contribution in [1.82, 2.24) is 9.29 Å². The maximum absolute atomic E-state index is 13.7. The van der Waals surface area contributed by atoms with Gasteiger partial charge in [-0.05, 0) is 53.9 Å². The van der Waals surface area contributed by atoms with Gasteiger partial charge in [-0.3, -0.25) is 4.79 Å². The number of fused-ring (bicyclic) bond motifs is 1. The molecule has 0 radical (unpaired) electrons. The molecule has 10 heteroatoms. The first-order valence-corrected chi connectivity index (χ1v) is 13.6. The summed E-state index contributed by atoms with van der Waals surface area (Å²) in [6.07, 6.45) is -0.495. The molecule has 1 atom stereocenters. The minimum absolute atomic E-state index is 0.0646. The summed E-state index contributed by atoms with van der Waals surface area (Å²) < 4.78 is 40.4. The summed E-state index contributed by atoms with van der Waals surface area (Å²) in [5.41, 5.74) is 9.21. The molecule has 0 saturated carbocycles. The number of aryl methyl sites for hydroxylation is 1. The summed E-state index contributed by atoms with van der Waals surface area (Å²) in [5, 5.41) is 0.662. The van der Waals surface area contributed by atoms with Gasteiger partial charge in [0, 0.05) is 29.0 Å². The zero-order chi connectivity index (χ0) is 26.2. The maximum Gasteiger partial charge on any atom is 0.266 e. The Morgan fingerprint density at radius 2 is 1.92 bits per heavy atom. The molecule has 8 nitrogen and oxygen atoms in total. The van der Waals surface area contributed by atoms with Crippen molar-refractivity contribution in [2.45, 2.75) is 17.9 Å². The number of rotatable bonds is 7. The van der Waals surface area contributed by atoms with Crippen LogP contribution in [-0.2, 0) is 14.8 Å². The quantitative estimate of drug-likeness (QED) is 0.362. The van der Waals surface area contributed by atoms with E-state index in [0.717, 1.165) is 11.1 Å². The maximum atomic E-state index is 13.7. The van der Waals surface area contributed by atoms with Gasteiger partial charge in [-0.1, -0.05) is 48.0 Å². The molecular weight excluding hydrogens is 514 g/mol. The Hall–Kier alpha value is -3.37. The van der Waals surface area contributed by atoms with Gasteiger partial charge in [-0.25, -0.2) is 8.42 Å². The standard InChI is InChI=1S/C27H26ClN3O5S/c1-17-4-2-3-5-22(17)18-6-9-20(10-7-18)36-16-21-15-31(12-13-35-21)37(33,34)26-23-14-19(28)8-11-24(23)30-25(26)27(29)32/h2-11,14,21,30H,12-13,15-16H2,1H3,(H2,29,32). The van der Waals surface area contributed by atoms with Crippen molar-refractivity contribution >= 4 is 38.4 Å². The van der Waals surface area contributed by atoms with E-state index in [9.17, 15) is 13.2 Å². The molecular formula is C27H26ClN3O5S. The Morgan fingerprint density at radius 1 is 1.16 bits per heavy atom. The predicted molar refractivity (Wildman–Crippen MR) is 142 cm³/mol. The number of primary amides is 1. The summed E-state index contributed by atoms with van der Waals surface area (Å²) >= 11 is 6.12. The Kier molecular flexibility index (Phi) is 6.96. The van der Waals surface area contributed by atoms with Crippen LogP contribution in [0.3, 0.4) is 0 Å². The van der Waals surface area contributed by atoms with E-state index in [1.165, 1.54) is 15.9 Å². The van der Waals surface area contributed by atoms with Gasteiger partial charge in [-0.2, -0.15) is 4.31 Å². The zero-order valence-corrected chi connectivity index (χ0v) is 21.7. The first-order chi connectivity index (χ1) is 17.7. The van der Waals surface area contributed by atoms with Gasteiger partial charge in [0.2, 0.25) is 10.0 Å². The van der Waals surface area contributed by atoms with Gasteiger partial charge in [-0.15, -0.1) is 0 Å². The molecule has 3 N–H and O–H groups in total. The number of amides is 1. The second-order valence-corrected chi connectivity index (χ2v) is 11.2. The van der Waals surface area contributed by atoms with Crippen LogP contribution < -0.4 is 10.5 Å². The highest BCUT2D eigenvalue weighted by molar-refractivity contribution is 7.89. The third-order valence-corrected chi connectivity index (χ3v) is 8.59. The van der Waals surface area contributed by atoms with Crippen LogP contribution in [0.5, 0.6) is 5.75 Å². The molecule has 1 unspecified atom stereocenters. The molecule has 4 aromatic rings. The van der Waals surface area contributed by atoms with Crippen LogP contribution in [0.1, 0.15) is 16.1 Å². The van der Waals surface area contributed by atoms with Crippen LogP contribution in [0.15, 0.2) is 71.6 Å². The van der Waals surface area contributed by atoms with E-state index < -0.39 is 22.0 Å². The number of H-pyrrole nitrogens is 1.